The molecule has 0 heterocycles. The summed E-state index contributed by atoms with van der Waals surface area (Å²) in [4.78, 5) is 2.32. The number of nitrogens with zero attached hydrogens (tertiary/aromatic N) is 1. The standard InChI is InChI=1S/C14H23BrN2/c1-11(16)14(2,3)10-17(4)9-12-7-5-6-8-13(12)15/h5-8,11H,9-10,16H2,1-4H3. The summed E-state index contributed by atoms with van der Waals surface area (Å²) in [6.07, 6.45) is 0. The zero-order chi connectivity index (χ0) is 13.1. The number of hydrogen-bond acceptors (Lipinski definition) is 2. The van der Waals surface area contributed by atoms with Gasteiger partial charge in [-0.3, -0.25) is 0 Å². The average Bonchev–Trinajstić information content (AvgIpc) is 2.20. The average molecular weight is 299 g/mol. The van der Waals surface area contributed by atoms with Crippen LogP contribution in [0.1, 0.15) is 26.3 Å². The number of halogens is 1. The zero-order valence-electron chi connectivity index (χ0n) is 11.2. The second kappa shape index (κ2) is 5.98. The Hall–Kier alpha value is -0.380. The predicted molar refractivity (Wildman–Crippen MR) is 77.9 cm³/mol. The van der Waals surface area contributed by atoms with Crippen LogP contribution in [-0.4, -0.2) is 24.5 Å². The van der Waals surface area contributed by atoms with E-state index in [9.17, 15) is 0 Å². The Labute approximate surface area is 113 Å². The van der Waals surface area contributed by atoms with Crippen LogP contribution in [-0.2, 0) is 6.54 Å². The van der Waals surface area contributed by atoms with Crippen molar-refractivity contribution in [1.82, 2.24) is 4.90 Å². The molecule has 1 rings (SSSR count). The number of benzene rings is 1. The van der Waals surface area contributed by atoms with Crippen molar-refractivity contribution in [2.75, 3.05) is 13.6 Å². The van der Waals surface area contributed by atoms with E-state index in [-0.39, 0.29) is 11.5 Å². The largest absolute Gasteiger partial charge is 0.327 e. The first-order chi connectivity index (χ1) is 7.83. The van der Waals surface area contributed by atoms with E-state index in [0.29, 0.717) is 0 Å². The normalized spacial score (nSPS) is 14.1. The van der Waals surface area contributed by atoms with Crippen LogP contribution in [0.2, 0.25) is 0 Å². The summed E-state index contributed by atoms with van der Waals surface area (Å²) >= 11 is 3.58. The van der Waals surface area contributed by atoms with E-state index >= 15 is 0 Å². The molecule has 0 bridgehead atoms. The van der Waals surface area contributed by atoms with E-state index < -0.39 is 0 Å². The lowest BCUT2D eigenvalue weighted by molar-refractivity contribution is 0.178. The van der Waals surface area contributed by atoms with Crippen LogP contribution >= 0.6 is 15.9 Å². The van der Waals surface area contributed by atoms with Gasteiger partial charge in [0.1, 0.15) is 0 Å². The Bertz CT molecular complexity index is 361. The molecule has 2 N–H and O–H groups in total. The highest BCUT2D eigenvalue weighted by Crippen LogP contribution is 2.22. The van der Waals surface area contributed by atoms with E-state index in [1.807, 2.05) is 6.07 Å². The molecule has 17 heavy (non-hydrogen) atoms. The van der Waals surface area contributed by atoms with Crippen molar-refractivity contribution in [2.24, 2.45) is 11.1 Å². The Morgan fingerprint density at radius 2 is 1.94 bits per heavy atom. The van der Waals surface area contributed by atoms with Gasteiger partial charge in [0.15, 0.2) is 0 Å². The third-order valence-electron chi connectivity index (χ3n) is 3.31. The quantitative estimate of drug-likeness (QED) is 0.904. The molecule has 1 atom stereocenters. The fourth-order valence-electron chi connectivity index (χ4n) is 1.81. The highest BCUT2D eigenvalue weighted by atomic mass is 79.9. The highest BCUT2D eigenvalue weighted by Gasteiger charge is 2.24. The number of hydrogen-bond donors (Lipinski definition) is 1. The summed E-state index contributed by atoms with van der Waals surface area (Å²) in [6.45, 7) is 8.44. The zero-order valence-corrected chi connectivity index (χ0v) is 12.8. The summed E-state index contributed by atoms with van der Waals surface area (Å²) < 4.78 is 1.17. The number of nitrogens with two attached hydrogens (primary N) is 1. The first-order valence-corrected chi connectivity index (χ1v) is 6.80. The molecule has 0 saturated heterocycles. The Balaban J connectivity index is 2.62. The van der Waals surface area contributed by atoms with Crippen molar-refractivity contribution in [3.05, 3.63) is 34.3 Å². The third-order valence-corrected chi connectivity index (χ3v) is 4.08. The molecular weight excluding hydrogens is 276 g/mol. The van der Waals surface area contributed by atoms with Crippen LogP contribution in [0.25, 0.3) is 0 Å². The predicted octanol–water partition coefficient (Wildman–Crippen LogP) is 3.25. The van der Waals surface area contributed by atoms with Gasteiger partial charge >= 0.3 is 0 Å². The van der Waals surface area contributed by atoms with E-state index in [0.717, 1.165) is 13.1 Å². The summed E-state index contributed by atoms with van der Waals surface area (Å²) in [5.74, 6) is 0. The van der Waals surface area contributed by atoms with Gasteiger partial charge in [0.2, 0.25) is 0 Å². The molecule has 0 aliphatic heterocycles. The summed E-state index contributed by atoms with van der Waals surface area (Å²) in [6, 6.07) is 8.55. The molecule has 3 heteroatoms. The molecule has 2 nitrogen and oxygen atoms in total. The molecular formula is C14H23BrN2. The maximum absolute atomic E-state index is 6.01. The fourth-order valence-corrected chi connectivity index (χ4v) is 2.22. The van der Waals surface area contributed by atoms with Gasteiger partial charge in [0, 0.05) is 23.6 Å². The molecule has 1 aromatic carbocycles. The molecule has 0 saturated carbocycles. The van der Waals surface area contributed by atoms with E-state index in [4.69, 9.17) is 5.73 Å². The topological polar surface area (TPSA) is 29.3 Å². The lowest BCUT2D eigenvalue weighted by Crippen LogP contribution is -2.42. The van der Waals surface area contributed by atoms with Gasteiger partial charge in [-0.05, 0) is 31.0 Å². The van der Waals surface area contributed by atoms with Crippen LogP contribution in [0.4, 0.5) is 0 Å². The Morgan fingerprint density at radius 1 is 1.35 bits per heavy atom. The van der Waals surface area contributed by atoms with Crippen molar-refractivity contribution in [3.63, 3.8) is 0 Å². The fraction of sp³-hybridized carbons (Fsp3) is 0.571. The van der Waals surface area contributed by atoms with Gasteiger partial charge < -0.3 is 10.6 Å². The van der Waals surface area contributed by atoms with Gasteiger partial charge in [-0.1, -0.05) is 48.0 Å². The summed E-state index contributed by atoms with van der Waals surface area (Å²) in [5.41, 5.74) is 7.46. The van der Waals surface area contributed by atoms with Gasteiger partial charge in [-0.15, -0.1) is 0 Å². The van der Waals surface area contributed by atoms with Gasteiger partial charge in [0.25, 0.3) is 0 Å². The van der Waals surface area contributed by atoms with E-state index in [1.165, 1.54) is 10.0 Å². The molecule has 0 amide bonds. The monoisotopic (exact) mass is 298 g/mol. The smallest absolute Gasteiger partial charge is 0.0242 e. The molecule has 0 fully saturated rings. The molecule has 96 valence electrons. The van der Waals surface area contributed by atoms with Crippen molar-refractivity contribution >= 4 is 15.9 Å². The molecule has 0 radical (unpaired) electrons. The van der Waals surface area contributed by atoms with Crippen LogP contribution in [0.3, 0.4) is 0 Å². The van der Waals surface area contributed by atoms with Crippen molar-refractivity contribution < 1.29 is 0 Å². The van der Waals surface area contributed by atoms with Crippen LogP contribution in [0, 0.1) is 5.41 Å². The highest BCUT2D eigenvalue weighted by molar-refractivity contribution is 9.10. The van der Waals surface area contributed by atoms with E-state index in [1.54, 1.807) is 0 Å². The summed E-state index contributed by atoms with van der Waals surface area (Å²) in [7, 11) is 2.14. The maximum Gasteiger partial charge on any atom is 0.0242 e. The molecule has 0 aliphatic carbocycles. The molecule has 0 aromatic heterocycles. The van der Waals surface area contributed by atoms with Crippen LogP contribution in [0.5, 0.6) is 0 Å². The summed E-state index contributed by atoms with van der Waals surface area (Å²) in [5, 5.41) is 0. The minimum absolute atomic E-state index is 0.135. The lowest BCUT2D eigenvalue weighted by atomic mass is 9.85. The number of rotatable bonds is 5. The minimum atomic E-state index is 0.135. The Morgan fingerprint density at radius 3 is 2.47 bits per heavy atom. The first-order valence-electron chi connectivity index (χ1n) is 6.00. The van der Waals surface area contributed by atoms with Crippen molar-refractivity contribution in [3.8, 4) is 0 Å². The first kappa shape index (κ1) is 14.7. The Kier molecular flexibility index (Phi) is 5.17. The van der Waals surface area contributed by atoms with Gasteiger partial charge in [0.05, 0.1) is 0 Å². The van der Waals surface area contributed by atoms with Crippen LogP contribution in [0.15, 0.2) is 28.7 Å². The van der Waals surface area contributed by atoms with Crippen LogP contribution < -0.4 is 5.73 Å². The van der Waals surface area contributed by atoms with Gasteiger partial charge in [-0.2, -0.15) is 0 Å². The molecule has 0 aliphatic rings. The molecule has 1 aromatic rings. The van der Waals surface area contributed by atoms with Gasteiger partial charge in [-0.25, -0.2) is 0 Å². The third kappa shape index (κ3) is 4.41. The molecule has 1 unspecified atom stereocenters. The second-order valence-electron chi connectivity index (χ2n) is 5.54. The maximum atomic E-state index is 6.01. The SMILES string of the molecule is CC(N)C(C)(C)CN(C)Cc1ccccc1Br. The minimum Gasteiger partial charge on any atom is -0.327 e. The van der Waals surface area contributed by atoms with E-state index in [2.05, 4.69) is 66.8 Å². The lowest BCUT2D eigenvalue weighted by Gasteiger charge is -2.33. The molecule has 0 spiro atoms. The van der Waals surface area contributed by atoms with Crippen molar-refractivity contribution in [2.45, 2.75) is 33.4 Å². The van der Waals surface area contributed by atoms with Crippen molar-refractivity contribution in [1.29, 1.82) is 0 Å². The second-order valence-corrected chi connectivity index (χ2v) is 6.40.